The maximum atomic E-state index is 12.4. The average molecular weight is 411 g/mol. The third kappa shape index (κ3) is 3.88. The number of thiophene rings is 1. The average Bonchev–Trinajstić information content (AvgIpc) is 3.10. The summed E-state index contributed by atoms with van der Waals surface area (Å²) >= 11 is 7.45. The highest BCUT2D eigenvalue weighted by atomic mass is 35.5. The first-order chi connectivity index (χ1) is 12.1. The second-order valence-corrected chi connectivity index (χ2v) is 7.90. The van der Waals surface area contributed by atoms with E-state index in [1.165, 1.54) is 11.3 Å². The standard InChI is InChI=1S/C18H19ClN4OS.ClH/c1-11-15-6-16(17(24)21-9-13-7-20-8-13)25-18(15)23(22-11)10-12-2-4-14(19)5-3-12;/h2-6,13,20H,7-10H2,1H3,(H,21,24);1H. The molecule has 1 aliphatic rings. The van der Waals surface area contributed by atoms with Crippen molar-refractivity contribution >= 4 is 51.5 Å². The van der Waals surface area contributed by atoms with Crippen LogP contribution in [0.1, 0.15) is 20.9 Å². The molecule has 0 bridgehead atoms. The molecule has 1 saturated heterocycles. The second-order valence-electron chi connectivity index (χ2n) is 6.43. The Kier molecular flexibility index (Phi) is 5.87. The molecule has 0 atom stereocenters. The lowest BCUT2D eigenvalue weighted by atomic mass is 10.0. The summed E-state index contributed by atoms with van der Waals surface area (Å²) in [4.78, 5) is 14.2. The van der Waals surface area contributed by atoms with Gasteiger partial charge in [-0.3, -0.25) is 9.48 Å². The minimum absolute atomic E-state index is 0. The van der Waals surface area contributed by atoms with Gasteiger partial charge in [0, 0.05) is 36.0 Å². The number of hydrogen-bond donors (Lipinski definition) is 2. The lowest BCUT2D eigenvalue weighted by Crippen LogP contribution is -2.48. The van der Waals surface area contributed by atoms with Crippen LogP contribution in [0.15, 0.2) is 30.3 Å². The van der Waals surface area contributed by atoms with Gasteiger partial charge < -0.3 is 10.6 Å². The van der Waals surface area contributed by atoms with Crippen molar-refractivity contribution in [3.8, 4) is 0 Å². The fourth-order valence-electron chi connectivity index (χ4n) is 2.91. The van der Waals surface area contributed by atoms with Gasteiger partial charge in [-0.1, -0.05) is 23.7 Å². The summed E-state index contributed by atoms with van der Waals surface area (Å²) in [5.74, 6) is 0.561. The molecule has 0 saturated carbocycles. The lowest BCUT2D eigenvalue weighted by molar-refractivity contribution is 0.0946. The molecule has 138 valence electrons. The zero-order valence-corrected chi connectivity index (χ0v) is 16.7. The Morgan fingerprint density at radius 1 is 1.38 bits per heavy atom. The van der Waals surface area contributed by atoms with Gasteiger partial charge in [0.2, 0.25) is 0 Å². The predicted octanol–water partition coefficient (Wildman–Crippen LogP) is 3.48. The Hall–Kier alpha value is -1.60. The third-order valence-electron chi connectivity index (χ3n) is 4.49. The summed E-state index contributed by atoms with van der Waals surface area (Å²) in [5, 5.41) is 12.6. The van der Waals surface area contributed by atoms with E-state index in [1.54, 1.807) is 0 Å². The molecule has 1 fully saturated rings. The Labute approximate surface area is 167 Å². The van der Waals surface area contributed by atoms with E-state index < -0.39 is 0 Å². The zero-order valence-electron chi connectivity index (χ0n) is 14.3. The van der Waals surface area contributed by atoms with E-state index in [0.717, 1.165) is 51.0 Å². The van der Waals surface area contributed by atoms with Gasteiger partial charge in [0.15, 0.2) is 0 Å². The molecule has 0 radical (unpaired) electrons. The molecule has 0 aliphatic carbocycles. The lowest BCUT2D eigenvalue weighted by Gasteiger charge is -2.26. The van der Waals surface area contributed by atoms with E-state index in [1.807, 2.05) is 41.9 Å². The highest BCUT2D eigenvalue weighted by Gasteiger charge is 2.20. The van der Waals surface area contributed by atoms with Gasteiger partial charge in [0.05, 0.1) is 17.1 Å². The SMILES string of the molecule is Cc1nn(Cc2ccc(Cl)cc2)c2sc(C(=O)NCC3CNC3)cc12.Cl. The highest BCUT2D eigenvalue weighted by Crippen LogP contribution is 2.29. The molecule has 1 aromatic carbocycles. The predicted molar refractivity (Wildman–Crippen MR) is 109 cm³/mol. The number of nitrogens with zero attached hydrogens (tertiary/aromatic N) is 2. The number of hydrogen-bond acceptors (Lipinski definition) is 4. The Morgan fingerprint density at radius 3 is 2.77 bits per heavy atom. The van der Waals surface area contributed by atoms with E-state index in [2.05, 4.69) is 15.7 Å². The van der Waals surface area contributed by atoms with Crippen molar-refractivity contribution in [2.24, 2.45) is 5.92 Å². The van der Waals surface area contributed by atoms with Crippen molar-refractivity contribution in [1.29, 1.82) is 0 Å². The number of benzene rings is 1. The molecule has 26 heavy (non-hydrogen) atoms. The van der Waals surface area contributed by atoms with E-state index in [-0.39, 0.29) is 18.3 Å². The van der Waals surface area contributed by atoms with Gasteiger partial charge in [-0.2, -0.15) is 5.10 Å². The van der Waals surface area contributed by atoms with Gasteiger partial charge in [0.25, 0.3) is 5.91 Å². The maximum Gasteiger partial charge on any atom is 0.261 e. The number of fused-ring (bicyclic) bond motifs is 1. The maximum absolute atomic E-state index is 12.4. The normalized spacial score (nSPS) is 14.1. The molecule has 3 heterocycles. The van der Waals surface area contributed by atoms with Crippen LogP contribution < -0.4 is 10.6 Å². The van der Waals surface area contributed by atoms with Gasteiger partial charge in [-0.15, -0.1) is 23.7 Å². The van der Waals surface area contributed by atoms with Crippen LogP contribution in [0.25, 0.3) is 10.2 Å². The van der Waals surface area contributed by atoms with Crippen LogP contribution in [-0.2, 0) is 6.54 Å². The van der Waals surface area contributed by atoms with Crippen LogP contribution in [0.5, 0.6) is 0 Å². The summed E-state index contributed by atoms with van der Waals surface area (Å²) in [6, 6.07) is 9.72. The van der Waals surface area contributed by atoms with Crippen molar-refractivity contribution in [2.45, 2.75) is 13.5 Å². The fraction of sp³-hybridized carbons (Fsp3) is 0.333. The summed E-state index contributed by atoms with van der Waals surface area (Å²) < 4.78 is 1.96. The number of carbonyl (C=O) groups is 1. The van der Waals surface area contributed by atoms with Crippen LogP contribution in [0, 0.1) is 12.8 Å². The molecule has 1 aliphatic heterocycles. The van der Waals surface area contributed by atoms with Crippen molar-refractivity contribution in [1.82, 2.24) is 20.4 Å². The first-order valence-electron chi connectivity index (χ1n) is 8.30. The monoisotopic (exact) mass is 410 g/mol. The summed E-state index contributed by atoms with van der Waals surface area (Å²) in [5.41, 5.74) is 2.08. The fourth-order valence-corrected chi connectivity index (χ4v) is 4.11. The van der Waals surface area contributed by atoms with Crippen LogP contribution in [0.4, 0.5) is 0 Å². The number of nitrogens with one attached hydrogen (secondary N) is 2. The molecule has 2 aromatic heterocycles. The van der Waals surface area contributed by atoms with Crippen LogP contribution in [0.2, 0.25) is 5.02 Å². The van der Waals surface area contributed by atoms with E-state index in [4.69, 9.17) is 11.6 Å². The smallest absolute Gasteiger partial charge is 0.261 e. The van der Waals surface area contributed by atoms with Gasteiger partial charge in [-0.25, -0.2) is 0 Å². The van der Waals surface area contributed by atoms with E-state index in [9.17, 15) is 4.79 Å². The number of amides is 1. The third-order valence-corrected chi connectivity index (χ3v) is 5.89. The molecule has 1 amide bonds. The topological polar surface area (TPSA) is 59.0 Å². The number of rotatable bonds is 5. The quantitative estimate of drug-likeness (QED) is 0.676. The first kappa shape index (κ1) is 19.2. The number of carbonyl (C=O) groups excluding carboxylic acids is 1. The summed E-state index contributed by atoms with van der Waals surface area (Å²) in [6.07, 6.45) is 0. The van der Waals surface area contributed by atoms with Crippen LogP contribution >= 0.6 is 35.3 Å². The highest BCUT2D eigenvalue weighted by molar-refractivity contribution is 7.20. The molecule has 3 aromatic rings. The molecule has 8 heteroatoms. The van der Waals surface area contributed by atoms with Gasteiger partial charge >= 0.3 is 0 Å². The zero-order chi connectivity index (χ0) is 17.4. The van der Waals surface area contributed by atoms with Crippen molar-refractivity contribution in [3.05, 3.63) is 51.5 Å². The van der Waals surface area contributed by atoms with Crippen molar-refractivity contribution in [2.75, 3.05) is 19.6 Å². The number of halogens is 2. The summed E-state index contributed by atoms with van der Waals surface area (Å²) in [6.45, 7) is 5.35. The minimum atomic E-state index is 0. The molecule has 5 nitrogen and oxygen atoms in total. The molecule has 2 N–H and O–H groups in total. The van der Waals surface area contributed by atoms with Gasteiger partial charge in [0.1, 0.15) is 4.83 Å². The first-order valence-corrected chi connectivity index (χ1v) is 9.50. The number of aromatic nitrogens is 2. The largest absolute Gasteiger partial charge is 0.351 e. The van der Waals surface area contributed by atoms with Crippen LogP contribution in [-0.4, -0.2) is 35.3 Å². The van der Waals surface area contributed by atoms with Gasteiger partial charge in [-0.05, 0) is 30.7 Å². The Bertz CT molecular complexity index is 915. The van der Waals surface area contributed by atoms with Crippen LogP contribution in [0.3, 0.4) is 0 Å². The van der Waals surface area contributed by atoms with Crippen molar-refractivity contribution in [3.63, 3.8) is 0 Å². The molecule has 4 rings (SSSR count). The second kappa shape index (κ2) is 7.96. The molecular weight excluding hydrogens is 391 g/mol. The Balaban J connectivity index is 0.00000196. The Morgan fingerprint density at radius 2 is 2.12 bits per heavy atom. The van der Waals surface area contributed by atoms with E-state index >= 15 is 0 Å². The molecular formula is C18H20Cl2N4OS. The molecule has 0 spiro atoms. The minimum Gasteiger partial charge on any atom is -0.351 e. The van der Waals surface area contributed by atoms with E-state index in [0.29, 0.717) is 12.5 Å². The summed E-state index contributed by atoms with van der Waals surface area (Å²) in [7, 11) is 0. The molecule has 0 unspecified atom stereocenters. The number of aryl methyl sites for hydroxylation is 1. The van der Waals surface area contributed by atoms with Crippen molar-refractivity contribution < 1.29 is 4.79 Å².